The minimum atomic E-state index is -0.646. The molecule has 0 bridgehead atoms. The van der Waals surface area contributed by atoms with Crippen LogP contribution < -0.4 is 4.74 Å². The molecule has 108 valence electrons. The van der Waals surface area contributed by atoms with Crippen molar-refractivity contribution in [3.8, 4) is 17.6 Å². The molecule has 2 aromatic carbocycles. The number of nitrogens with zero attached hydrogens (tertiary/aromatic N) is 1. The van der Waals surface area contributed by atoms with Gasteiger partial charge in [-0.05, 0) is 43.2 Å². The fourth-order valence-corrected chi connectivity index (χ4v) is 2.18. The second-order valence-electron chi connectivity index (χ2n) is 5.04. The van der Waals surface area contributed by atoms with Crippen molar-refractivity contribution in [2.24, 2.45) is 0 Å². The van der Waals surface area contributed by atoms with Crippen LogP contribution in [0.5, 0.6) is 11.5 Å². The normalized spacial score (nSPS) is 11.7. The molecule has 0 unspecified atom stereocenters. The van der Waals surface area contributed by atoms with Crippen LogP contribution in [0, 0.1) is 11.3 Å². The summed E-state index contributed by atoms with van der Waals surface area (Å²) in [4.78, 5) is 0. The molecular formula is C18H19NO2. The van der Waals surface area contributed by atoms with Crippen LogP contribution in [0.2, 0.25) is 0 Å². The van der Waals surface area contributed by atoms with Crippen LogP contribution in [0.4, 0.5) is 0 Å². The highest BCUT2D eigenvalue weighted by atomic mass is 16.5. The first-order chi connectivity index (χ1) is 10.1. The molecule has 3 nitrogen and oxygen atoms in total. The van der Waals surface area contributed by atoms with Gasteiger partial charge < -0.3 is 9.84 Å². The lowest BCUT2D eigenvalue weighted by molar-refractivity contribution is 0.195. The van der Waals surface area contributed by atoms with Crippen molar-refractivity contribution in [1.29, 1.82) is 5.26 Å². The minimum absolute atomic E-state index is 0.511. The fraction of sp³-hybridized carbons (Fsp3) is 0.278. The Morgan fingerprint density at radius 3 is 2.48 bits per heavy atom. The standard InChI is InChI=1S/C18H19NO2/c1-3-4-14-5-8-16(9-6-14)21-18-11-15(12-19)7-10-17(18)13(2)20/h5-11,13,20H,3-4H2,1-2H3/t13-/m1/s1. The van der Waals surface area contributed by atoms with Gasteiger partial charge in [-0.15, -0.1) is 0 Å². The van der Waals surface area contributed by atoms with Gasteiger partial charge in [0.25, 0.3) is 0 Å². The van der Waals surface area contributed by atoms with E-state index in [0.717, 1.165) is 12.8 Å². The first-order valence-electron chi connectivity index (χ1n) is 7.13. The van der Waals surface area contributed by atoms with E-state index < -0.39 is 6.10 Å². The van der Waals surface area contributed by atoms with E-state index in [1.807, 2.05) is 24.3 Å². The molecule has 0 aromatic heterocycles. The van der Waals surface area contributed by atoms with E-state index in [1.54, 1.807) is 25.1 Å². The van der Waals surface area contributed by atoms with Gasteiger partial charge in [-0.25, -0.2) is 0 Å². The third-order valence-electron chi connectivity index (χ3n) is 3.28. The molecule has 0 saturated heterocycles. The highest BCUT2D eigenvalue weighted by Crippen LogP contribution is 2.30. The van der Waals surface area contributed by atoms with Gasteiger partial charge in [0.05, 0.1) is 17.7 Å². The van der Waals surface area contributed by atoms with Gasteiger partial charge in [-0.1, -0.05) is 31.5 Å². The Bertz CT molecular complexity index is 639. The Hall–Kier alpha value is -2.31. The first-order valence-corrected chi connectivity index (χ1v) is 7.13. The van der Waals surface area contributed by atoms with Crippen LogP contribution >= 0.6 is 0 Å². The van der Waals surface area contributed by atoms with E-state index in [-0.39, 0.29) is 0 Å². The predicted molar refractivity (Wildman–Crippen MR) is 82.3 cm³/mol. The maximum Gasteiger partial charge on any atom is 0.134 e. The van der Waals surface area contributed by atoms with Crippen molar-refractivity contribution < 1.29 is 9.84 Å². The van der Waals surface area contributed by atoms with Gasteiger partial charge in [0, 0.05) is 5.56 Å². The number of aryl methyl sites for hydroxylation is 1. The largest absolute Gasteiger partial charge is 0.457 e. The molecule has 0 fully saturated rings. The minimum Gasteiger partial charge on any atom is -0.457 e. The van der Waals surface area contributed by atoms with Crippen molar-refractivity contribution in [3.63, 3.8) is 0 Å². The quantitative estimate of drug-likeness (QED) is 0.886. The number of benzene rings is 2. The summed E-state index contributed by atoms with van der Waals surface area (Å²) >= 11 is 0. The van der Waals surface area contributed by atoms with Gasteiger partial charge in [0.2, 0.25) is 0 Å². The van der Waals surface area contributed by atoms with Crippen LogP contribution in [0.1, 0.15) is 43.1 Å². The Morgan fingerprint density at radius 1 is 1.19 bits per heavy atom. The third kappa shape index (κ3) is 3.84. The molecular weight excluding hydrogens is 262 g/mol. The molecule has 1 N–H and O–H groups in total. The highest BCUT2D eigenvalue weighted by molar-refractivity contribution is 5.45. The number of rotatable bonds is 5. The van der Waals surface area contributed by atoms with Crippen LogP contribution in [0.3, 0.4) is 0 Å². The molecule has 0 aliphatic heterocycles. The maximum absolute atomic E-state index is 9.80. The molecule has 2 rings (SSSR count). The van der Waals surface area contributed by atoms with Crippen LogP contribution in [-0.2, 0) is 6.42 Å². The summed E-state index contributed by atoms with van der Waals surface area (Å²) in [6.45, 7) is 3.82. The highest BCUT2D eigenvalue weighted by Gasteiger charge is 2.11. The molecule has 0 aliphatic carbocycles. The van der Waals surface area contributed by atoms with Gasteiger partial charge in [0.1, 0.15) is 11.5 Å². The van der Waals surface area contributed by atoms with Gasteiger partial charge in [-0.2, -0.15) is 5.26 Å². The summed E-state index contributed by atoms with van der Waals surface area (Å²) in [5.74, 6) is 1.22. The molecule has 0 heterocycles. The van der Waals surface area contributed by atoms with Gasteiger partial charge in [0.15, 0.2) is 0 Å². The molecule has 0 amide bonds. The zero-order valence-corrected chi connectivity index (χ0v) is 12.3. The lowest BCUT2D eigenvalue weighted by Crippen LogP contribution is -1.97. The topological polar surface area (TPSA) is 53.2 Å². The van der Waals surface area contributed by atoms with Crippen molar-refractivity contribution in [3.05, 3.63) is 59.2 Å². The number of hydrogen-bond donors (Lipinski definition) is 1. The van der Waals surface area contributed by atoms with E-state index in [0.29, 0.717) is 22.6 Å². The Morgan fingerprint density at radius 2 is 1.90 bits per heavy atom. The third-order valence-corrected chi connectivity index (χ3v) is 3.28. The van der Waals surface area contributed by atoms with E-state index in [1.165, 1.54) is 5.56 Å². The molecule has 0 spiro atoms. The second kappa shape index (κ2) is 6.92. The Kier molecular flexibility index (Phi) is 4.97. The van der Waals surface area contributed by atoms with E-state index >= 15 is 0 Å². The number of aliphatic hydroxyl groups excluding tert-OH is 1. The summed E-state index contributed by atoms with van der Waals surface area (Å²) in [6, 6.07) is 15.0. The lowest BCUT2D eigenvalue weighted by Gasteiger charge is -2.13. The fourth-order valence-electron chi connectivity index (χ4n) is 2.18. The predicted octanol–water partition coefficient (Wildman–Crippen LogP) is 4.36. The molecule has 0 radical (unpaired) electrons. The summed E-state index contributed by atoms with van der Waals surface area (Å²) in [5.41, 5.74) is 2.45. The van der Waals surface area contributed by atoms with Crippen LogP contribution in [0.25, 0.3) is 0 Å². The average Bonchev–Trinajstić information content (AvgIpc) is 2.49. The molecule has 0 aliphatic rings. The Balaban J connectivity index is 2.27. The van der Waals surface area contributed by atoms with E-state index in [9.17, 15) is 5.11 Å². The van der Waals surface area contributed by atoms with E-state index in [4.69, 9.17) is 10.00 Å². The van der Waals surface area contributed by atoms with Crippen molar-refractivity contribution in [2.45, 2.75) is 32.8 Å². The molecule has 21 heavy (non-hydrogen) atoms. The molecule has 0 saturated carbocycles. The maximum atomic E-state index is 9.80. The number of aliphatic hydroxyl groups is 1. The molecule has 3 heteroatoms. The zero-order valence-electron chi connectivity index (χ0n) is 12.3. The first kappa shape index (κ1) is 15.1. The summed E-state index contributed by atoms with van der Waals surface area (Å²) in [7, 11) is 0. The smallest absolute Gasteiger partial charge is 0.134 e. The zero-order chi connectivity index (χ0) is 15.2. The van der Waals surface area contributed by atoms with Gasteiger partial charge in [-0.3, -0.25) is 0 Å². The van der Waals surface area contributed by atoms with Crippen molar-refractivity contribution >= 4 is 0 Å². The average molecular weight is 281 g/mol. The van der Waals surface area contributed by atoms with Crippen LogP contribution in [-0.4, -0.2) is 5.11 Å². The van der Waals surface area contributed by atoms with Crippen molar-refractivity contribution in [2.75, 3.05) is 0 Å². The number of ether oxygens (including phenoxy) is 1. The molecule has 2 aromatic rings. The monoisotopic (exact) mass is 281 g/mol. The van der Waals surface area contributed by atoms with E-state index in [2.05, 4.69) is 13.0 Å². The number of nitriles is 1. The lowest BCUT2D eigenvalue weighted by atomic mass is 10.1. The van der Waals surface area contributed by atoms with Crippen LogP contribution in [0.15, 0.2) is 42.5 Å². The van der Waals surface area contributed by atoms with Crippen molar-refractivity contribution in [1.82, 2.24) is 0 Å². The summed E-state index contributed by atoms with van der Waals surface area (Å²) < 4.78 is 5.84. The Labute approximate surface area is 125 Å². The summed E-state index contributed by atoms with van der Waals surface area (Å²) in [6.07, 6.45) is 1.51. The number of hydrogen-bond acceptors (Lipinski definition) is 3. The second-order valence-corrected chi connectivity index (χ2v) is 5.04. The SMILES string of the molecule is CCCc1ccc(Oc2cc(C#N)ccc2[C@@H](C)O)cc1. The molecule has 1 atom stereocenters. The summed E-state index contributed by atoms with van der Waals surface area (Å²) in [5, 5.41) is 18.8. The van der Waals surface area contributed by atoms with Gasteiger partial charge >= 0.3 is 0 Å².